The summed E-state index contributed by atoms with van der Waals surface area (Å²) < 4.78 is 131. The molecular weight excluding hydrogens is 828 g/mol. The number of nitrogen functional groups attached to an aromatic ring is 2. The number of benzene rings is 4. The van der Waals surface area contributed by atoms with Crippen molar-refractivity contribution in [1.82, 2.24) is 0 Å². The molecule has 0 aliphatic rings. The number of carbonyl (C=O) groups excluding carboxylic acids is 1. The van der Waals surface area contributed by atoms with E-state index in [4.69, 9.17) is 11.5 Å². The SMILES string of the molecule is Nc1c(N=Nc2ccccc2S(=O)(=O)[O-])cc(S(=O)(=O)[O-])c(N)c1N=Nc1cccc(C(=O)Nc2ccc(S(=O)(=O)CCOS(=O)(=O)[O-])cc2)c1.[Na+].[Na+].[Na+]. The van der Waals surface area contributed by atoms with Gasteiger partial charge in [-0.05, 0) is 60.7 Å². The molecule has 0 atom stereocenters. The Morgan fingerprint density at radius 2 is 1.26 bits per heavy atom. The summed E-state index contributed by atoms with van der Waals surface area (Å²) in [6.45, 7) is -0.887. The fourth-order valence-electron chi connectivity index (χ4n) is 4.05. The van der Waals surface area contributed by atoms with Gasteiger partial charge in [-0.1, -0.05) is 18.2 Å². The van der Waals surface area contributed by atoms with E-state index >= 15 is 0 Å². The molecule has 4 aromatic carbocycles. The molecule has 0 radical (unpaired) electrons. The molecule has 54 heavy (non-hydrogen) atoms. The number of sulfone groups is 1. The van der Waals surface area contributed by atoms with Gasteiger partial charge in [-0.2, -0.15) is 5.11 Å². The van der Waals surface area contributed by atoms with Gasteiger partial charge in [0.05, 0.1) is 44.1 Å². The number of carbonyl (C=O) groups is 1. The Morgan fingerprint density at radius 3 is 1.85 bits per heavy atom. The molecule has 5 N–H and O–H groups in total. The van der Waals surface area contributed by atoms with Gasteiger partial charge >= 0.3 is 88.7 Å². The number of nitrogens with two attached hydrogens (primary N) is 2. The van der Waals surface area contributed by atoms with E-state index in [-0.39, 0.29) is 111 Å². The van der Waals surface area contributed by atoms with E-state index in [9.17, 15) is 52.1 Å². The number of hydrogen-bond acceptors (Lipinski definition) is 19. The summed E-state index contributed by atoms with van der Waals surface area (Å²) in [5, 5.41) is 17.7. The summed E-state index contributed by atoms with van der Waals surface area (Å²) in [6, 6.07) is 15.5. The molecule has 0 saturated carbocycles. The first-order valence-corrected chi connectivity index (χ1v) is 19.4. The molecule has 27 heteroatoms. The summed E-state index contributed by atoms with van der Waals surface area (Å²) in [4.78, 5) is 10.9. The number of azo groups is 2. The standard InChI is InChI=1S/C27H25N7O13S4.3Na/c28-24-21(33-32-20-6-1-2-7-22(20)49(38,39)40)15-23(50(41,42)43)25(29)26(24)34-31-18-5-3-4-16(14-18)27(35)30-17-8-10-19(11-9-17)48(36,37)13-12-47-51(44,45)46;;;/h1-11,14-15H,12-13,28-29H2,(H,30,35)(H,38,39,40)(H,41,42,43)(H,44,45,46);;;/q;3*+1/p-3. The maximum Gasteiger partial charge on any atom is 1.00 e. The van der Waals surface area contributed by atoms with Crippen molar-refractivity contribution in [1.29, 1.82) is 0 Å². The number of nitrogens with zero attached hydrogens (tertiary/aromatic N) is 4. The molecule has 0 aromatic heterocycles. The molecule has 270 valence electrons. The van der Waals surface area contributed by atoms with E-state index in [1.54, 1.807) is 0 Å². The second-order valence-electron chi connectivity index (χ2n) is 9.92. The van der Waals surface area contributed by atoms with Crippen LogP contribution >= 0.6 is 0 Å². The van der Waals surface area contributed by atoms with E-state index in [2.05, 4.69) is 30.0 Å². The summed E-state index contributed by atoms with van der Waals surface area (Å²) in [5.41, 5.74) is 9.50. The van der Waals surface area contributed by atoms with Crippen LogP contribution in [0.4, 0.5) is 39.8 Å². The monoisotopic (exact) mass is 849 g/mol. The molecule has 0 saturated heterocycles. The molecular formula is C27H22N7Na3O13S4. The smallest absolute Gasteiger partial charge is 0.744 e. The zero-order chi connectivity index (χ0) is 37.8. The van der Waals surface area contributed by atoms with Crippen LogP contribution in [0.25, 0.3) is 0 Å². The zero-order valence-electron chi connectivity index (χ0n) is 28.3. The number of anilines is 3. The summed E-state index contributed by atoms with van der Waals surface area (Å²) in [5.74, 6) is -1.50. The number of nitrogens with one attached hydrogen (secondary N) is 1. The van der Waals surface area contributed by atoms with Crippen molar-refractivity contribution in [3.63, 3.8) is 0 Å². The third-order valence-corrected chi connectivity index (χ3v) is 10.3. The van der Waals surface area contributed by atoms with Crippen LogP contribution in [0.5, 0.6) is 0 Å². The Morgan fingerprint density at radius 1 is 0.667 bits per heavy atom. The number of hydrogen-bond donors (Lipinski definition) is 3. The van der Waals surface area contributed by atoms with Gasteiger partial charge in [0.1, 0.15) is 37.3 Å². The van der Waals surface area contributed by atoms with Crippen LogP contribution in [0.15, 0.2) is 114 Å². The molecule has 0 heterocycles. The Hall–Kier alpha value is -2.21. The molecule has 20 nitrogen and oxygen atoms in total. The second kappa shape index (κ2) is 20.3. The van der Waals surface area contributed by atoms with Gasteiger partial charge in [-0.3, -0.25) is 8.98 Å². The second-order valence-corrected chi connectivity index (χ2v) is 15.8. The maximum atomic E-state index is 12.9. The van der Waals surface area contributed by atoms with Crippen molar-refractivity contribution in [3.05, 3.63) is 84.4 Å². The van der Waals surface area contributed by atoms with Gasteiger partial charge in [0.2, 0.25) is 10.4 Å². The Balaban J connectivity index is 0.00000486. The zero-order valence-corrected chi connectivity index (χ0v) is 37.6. The molecule has 0 unspecified atom stereocenters. The first kappa shape index (κ1) is 49.8. The van der Waals surface area contributed by atoms with E-state index < -0.39 is 97.0 Å². The quantitative estimate of drug-likeness (QED) is 0.0371. The van der Waals surface area contributed by atoms with Gasteiger partial charge in [-0.25, -0.2) is 33.7 Å². The molecule has 0 fully saturated rings. The summed E-state index contributed by atoms with van der Waals surface area (Å²) in [7, 11) is -19.4. The van der Waals surface area contributed by atoms with Crippen LogP contribution in [0.2, 0.25) is 0 Å². The van der Waals surface area contributed by atoms with Crippen LogP contribution in [0, 0.1) is 0 Å². The average molecular weight is 850 g/mol. The van der Waals surface area contributed by atoms with Crippen LogP contribution in [0.1, 0.15) is 10.4 Å². The van der Waals surface area contributed by atoms with Gasteiger partial charge < -0.3 is 30.4 Å². The van der Waals surface area contributed by atoms with Crippen LogP contribution in [0.3, 0.4) is 0 Å². The molecule has 0 aliphatic heterocycles. The van der Waals surface area contributed by atoms with E-state index in [0.717, 1.165) is 24.3 Å². The largest absolute Gasteiger partial charge is 1.00 e. The Bertz CT molecular complexity index is 2520. The van der Waals surface area contributed by atoms with Gasteiger partial charge in [0.25, 0.3) is 5.91 Å². The fourth-order valence-corrected chi connectivity index (χ4v) is 6.76. The summed E-state index contributed by atoms with van der Waals surface area (Å²) in [6.07, 6.45) is 0. The predicted octanol–water partition coefficient (Wildman–Crippen LogP) is -6.00. The third-order valence-electron chi connectivity index (χ3n) is 6.41. The first-order chi connectivity index (χ1) is 23.7. The minimum absolute atomic E-state index is 0. The van der Waals surface area contributed by atoms with E-state index in [1.165, 1.54) is 48.5 Å². The molecule has 0 spiro atoms. The molecule has 0 bridgehead atoms. The first-order valence-electron chi connectivity index (χ1n) is 13.6. The minimum atomic E-state index is -5.27. The van der Waals surface area contributed by atoms with E-state index in [0.29, 0.717) is 6.07 Å². The molecule has 0 aliphatic carbocycles. The van der Waals surface area contributed by atoms with Crippen molar-refractivity contribution in [2.24, 2.45) is 20.5 Å². The van der Waals surface area contributed by atoms with E-state index in [1.807, 2.05) is 0 Å². The minimum Gasteiger partial charge on any atom is -0.744 e. The third kappa shape index (κ3) is 13.8. The van der Waals surface area contributed by atoms with Crippen molar-refractivity contribution < 1.29 is 145 Å². The topological polar surface area (TPSA) is 346 Å². The fraction of sp³-hybridized carbons (Fsp3) is 0.0741. The normalized spacial score (nSPS) is 12.1. The van der Waals surface area contributed by atoms with Gasteiger partial charge in [0.15, 0.2) is 9.84 Å². The summed E-state index contributed by atoms with van der Waals surface area (Å²) >= 11 is 0. The van der Waals surface area contributed by atoms with Gasteiger partial charge in [-0.15, -0.1) is 15.3 Å². The van der Waals surface area contributed by atoms with Crippen LogP contribution < -0.4 is 105 Å². The van der Waals surface area contributed by atoms with Crippen molar-refractivity contribution >= 4 is 86.2 Å². The molecule has 1 amide bonds. The van der Waals surface area contributed by atoms with Crippen molar-refractivity contribution in [3.8, 4) is 0 Å². The molecule has 4 rings (SSSR count). The average Bonchev–Trinajstić information content (AvgIpc) is 3.03. The van der Waals surface area contributed by atoms with Gasteiger partial charge in [0, 0.05) is 11.3 Å². The predicted molar refractivity (Wildman–Crippen MR) is 175 cm³/mol. The van der Waals surface area contributed by atoms with Crippen LogP contribution in [-0.4, -0.2) is 65.6 Å². The van der Waals surface area contributed by atoms with Crippen LogP contribution in [-0.2, 0) is 44.7 Å². The molecule has 4 aromatic rings. The maximum absolute atomic E-state index is 12.9. The number of rotatable bonds is 13. The Kier molecular flexibility index (Phi) is 18.7. The number of amides is 1. The van der Waals surface area contributed by atoms with Crippen molar-refractivity contribution in [2.45, 2.75) is 14.7 Å². The van der Waals surface area contributed by atoms with Crippen molar-refractivity contribution in [2.75, 3.05) is 29.1 Å². The Labute approximate surface area is 375 Å².